The Bertz CT molecular complexity index is 1100. The number of alkyl halides is 2. The van der Waals surface area contributed by atoms with E-state index in [1.807, 2.05) is 20.8 Å². The first-order chi connectivity index (χ1) is 14.5. The van der Waals surface area contributed by atoms with Gasteiger partial charge < -0.3 is 15.4 Å². The zero-order valence-corrected chi connectivity index (χ0v) is 20.1. The molecule has 0 radical (unpaired) electrons. The molecule has 7 nitrogen and oxygen atoms in total. The molecule has 3 N–H and O–H groups in total. The molecule has 0 aliphatic heterocycles. The Kier molecular flexibility index (Phi) is 6.95. The van der Waals surface area contributed by atoms with E-state index in [4.69, 9.17) is 0 Å². The Morgan fingerprint density at radius 3 is 2.61 bits per heavy atom. The lowest BCUT2D eigenvalue weighted by Gasteiger charge is -2.34. The molecule has 0 aliphatic rings. The number of aromatic nitrogens is 4. The molecule has 0 amide bonds. The maximum atomic E-state index is 14.6. The molecule has 166 valence electrons. The van der Waals surface area contributed by atoms with E-state index in [1.54, 1.807) is 6.20 Å². The normalized spacial score (nSPS) is 14.9. The number of aliphatic carboxylic acids is 1. The fourth-order valence-corrected chi connectivity index (χ4v) is 3.87. The number of rotatable bonds is 7. The Labute approximate surface area is 194 Å². The minimum atomic E-state index is -0.995. The van der Waals surface area contributed by atoms with Gasteiger partial charge in [-0.1, -0.05) is 52.6 Å². The van der Waals surface area contributed by atoms with Crippen LogP contribution in [0.5, 0.6) is 0 Å². The summed E-state index contributed by atoms with van der Waals surface area (Å²) in [6, 6.07) is 0.985. The summed E-state index contributed by atoms with van der Waals surface area (Å²) in [5.41, 5.74) is 0.607. The number of halogens is 4. The number of H-pyrrole nitrogens is 1. The molecule has 0 aliphatic carbocycles. The Hall–Kier alpha value is -2.14. The van der Waals surface area contributed by atoms with Crippen LogP contribution in [0.3, 0.4) is 0 Å². The van der Waals surface area contributed by atoms with Crippen LogP contribution in [0.1, 0.15) is 27.2 Å². The van der Waals surface area contributed by atoms with Gasteiger partial charge in [0.05, 0.1) is 12.4 Å². The summed E-state index contributed by atoms with van der Waals surface area (Å²) in [4.78, 5) is 25.3. The zero-order valence-electron chi connectivity index (χ0n) is 17.0. The standard InChI is InChI=1S/C20H21Br2F2N5O2/c1-20(2,3)14(5-12(21)15(22)19(30)31)28-18-13(24)8-27-17(29-18)11-7-26-16-10(11)4-9(23)6-25-16/h4,6-8,12,14-15H,5H2,1-3H3,(H,25,26)(H,30,31)(H,27,28,29). The summed E-state index contributed by atoms with van der Waals surface area (Å²) < 4.78 is 28.2. The molecule has 0 aromatic carbocycles. The van der Waals surface area contributed by atoms with Gasteiger partial charge in [0, 0.05) is 28.0 Å². The lowest BCUT2D eigenvalue weighted by atomic mass is 9.83. The second kappa shape index (κ2) is 9.15. The largest absolute Gasteiger partial charge is 0.480 e. The number of aromatic amines is 1. The molecule has 11 heteroatoms. The van der Waals surface area contributed by atoms with E-state index in [0.717, 1.165) is 12.4 Å². The number of carbonyl (C=O) groups is 1. The van der Waals surface area contributed by atoms with Crippen molar-refractivity contribution in [3.8, 4) is 11.4 Å². The number of hydrogen-bond donors (Lipinski definition) is 3. The third-order valence-electron chi connectivity index (χ3n) is 4.85. The van der Waals surface area contributed by atoms with Gasteiger partial charge in [-0.05, 0) is 17.9 Å². The van der Waals surface area contributed by atoms with E-state index in [1.165, 1.54) is 6.07 Å². The van der Waals surface area contributed by atoms with E-state index in [9.17, 15) is 18.7 Å². The van der Waals surface area contributed by atoms with Crippen molar-refractivity contribution in [1.82, 2.24) is 19.9 Å². The van der Waals surface area contributed by atoms with Gasteiger partial charge in [-0.2, -0.15) is 0 Å². The molecule has 3 aromatic rings. The number of hydrogen-bond acceptors (Lipinski definition) is 5. The average Bonchev–Trinajstić information content (AvgIpc) is 3.10. The molecule has 0 saturated carbocycles. The summed E-state index contributed by atoms with van der Waals surface area (Å²) in [5.74, 6) is -1.97. The van der Waals surface area contributed by atoms with Crippen LogP contribution in [-0.4, -0.2) is 46.7 Å². The number of nitrogens with one attached hydrogen (secondary N) is 2. The average molecular weight is 561 g/mol. The highest BCUT2D eigenvalue weighted by Gasteiger charge is 2.32. The number of pyridine rings is 1. The van der Waals surface area contributed by atoms with Crippen LogP contribution in [0.25, 0.3) is 22.4 Å². The third-order valence-corrected chi connectivity index (χ3v) is 7.50. The van der Waals surface area contributed by atoms with E-state index in [2.05, 4.69) is 57.1 Å². The van der Waals surface area contributed by atoms with Crippen molar-refractivity contribution in [2.45, 2.75) is 42.9 Å². The fraction of sp³-hybridized carbons (Fsp3) is 0.400. The van der Waals surface area contributed by atoms with Gasteiger partial charge in [0.2, 0.25) is 0 Å². The van der Waals surface area contributed by atoms with E-state index in [-0.39, 0.29) is 23.1 Å². The summed E-state index contributed by atoms with van der Waals surface area (Å²) in [6.45, 7) is 5.88. The maximum Gasteiger partial charge on any atom is 0.318 e. The molecule has 3 unspecified atom stereocenters. The highest BCUT2D eigenvalue weighted by Crippen LogP contribution is 2.32. The van der Waals surface area contributed by atoms with Crippen LogP contribution >= 0.6 is 31.9 Å². The van der Waals surface area contributed by atoms with E-state index < -0.39 is 27.3 Å². The predicted molar refractivity (Wildman–Crippen MR) is 122 cm³/mol. The summed E-state index contributed by atoms with van der Waals surface area (Å²) in [6.07, 6.45) is 4.12. The monoisotopic (exact) mass is 559 g/mol. The van der Waals surface area contributed by atoms with Gasteiger partial charge in [0.1, 0.15) is 16.3 Å². The number of carboxylic acids is 1. The quantitative estimate of drug-likeness (QED) is 0.346. The Balaban J connectivity index is 1.94. The van der Waals surface area contributed by atoms with E-state index in [0.29, 0.717) is 23.0 Å². The molecule has 0 fully saturated rings. The highest BCUT2D eigenvalue weighted by atomic mass is 79.9. The van der Waals surface area contributed by atoms with Crippen molar-refractivity contribution < 1.29 is 18.7 Å². The van der Waals surface area contributed by atoms with Crippen molar-refractivity contribution in [2.75, 3.05) is 5.32 Å². The maximum absolute atomic E-state index is 14.6. The topological polar surface area (TPSA) is 104 Å². The van der Waals surface area contributed by atoms with Crippen molar-refractivity contribution in [3.05, 3.63) is 36.3 Å². The van der Waals surface area contributed by atoms with Crippen molar-refractivity contribution in [3.63, 3.8) is 0 Å². The number of anilines is 1. The van der Waals surface area contributed by atoms with Gasteiger partial charge in [0.25, 0.3) is 0 Å². The molecule has 31 heavy (non-hydrogen) atoms. The lowest BCUT2D eigenvalue weighted by molar-refractivity contribution is -0.136. The third kappa shape index (κ3) is 5.38. The Morgan fingerprint density at radius 1 is 1.26 bits per heavy atom. The van der Waals surface area contributed by atoms with Gasteiger partial charge in [0.15, 0.2) is 17.5 Å². The number of nitrogens with zero attached hydrogens (tertiary/aromatic N) is 3. The molecule has 3 aromatic heterocycles. The van der Waals surface area contributed by atoms with Gasteiger partial charge >= 0.3 is 5.97 Å². The van der Waals surface area contributed by atoms with Gasteiger partial charge in [-0.3, -0.25) is 4.79 Å². The summed E-state index contributed by atoms with van der Waals surface area (Å²) >= 11 is 6.56. The van der Waals surface area contributed by atoms with Crippen molar-refractivity contribution >= 4 is 54.7 Å². The van der Waals surface area contributed by atoms with Gasteiger partial charge in [-0.25, -0.2) is 23.7 Å². The summed E-state index contributed by atoms with van der Waals surface area (Å²) in [7, 11) is 0. The fourth-order valence-electron chi connectivity index (χ4n) is 3.05. The van der Waals surface area contributed by atoms with Crippen LogP contribution < -0.4 is 5.32 Å². The zero-order chi connectivity index (χ0) is 22.9. The smallest absolute Gasteiger partial charge is 0.318 e. The number of carboxylic acid groups (broad SMARTS) is 1. The van der Waals surface area contributed by atoms with E-state index >= 15 is 0 Å². The summed E-state index contributed by atoms with van der Waals surface area (Å²) in [5, 5.41) is 12.8. The minimum Gasteiger partial charge on any atom is -0.480 e. The molecule has 3 rings (SSSR count). The van der Waals surface area contributed by atoms with Crippen LogP contribution in [-0.2, 0) is 4.79 Å². The molecular weight excluding hydrogens is 540 g/mol. The Morgan fingerprint density at radius 2 is 1.97 bits per heavy atom. The van der Waals surface area contributed by atoms with Crippen molar-refractivity contribution in [1.29, 1.82) is 0 Å². The molecule has 3 heterocycles. The van der Waals surface area contributed by atoms with Crippen LogP contribution in [0.4, 0.5) is 14.6 Å². The molecule has 0 spiro atoms. The predicted octanol–water partition coefficient (Wildman–Crippen LogP) is 5.13. The SMILES string of the molecule is CC(C)(C)C(CC(Br)C(Br)C(=O)O)Nc1nc(-c2c[nH]c3ncc(F)cc23)ncc1F. The second-order valence-corrected chi connectivity index (χ2v) is 10.4. The highest BCUT2D eigenvalue weighted by molar-refractivity contribution is 9.12. The van der Waals surface area contributed by atoms with Crippen LogP contribution in [0, 0.1) is 17.0 Å². The minimum absolute atomic E-state index is 0.0233. The van der Waals surface area contributed by atoms with Crippen molar-refractivity contribution in [2.24, 2.45) is 5.41 Å². The number of fused-ring (bicyclic) bond motifs is 1. The first-order valence-electron chi connectivity index (χ1n) is 9.40. The molecule has 0 saturated heterocycles. The van der Waals surface area contributed by atoms with Crippen LogP contribution in [0.15, 0.2) is 24.7 Å². The van der Waals surface area contributed by atoms with Crippen LogP contribution in [0.2, 0.25) is 0 Å². The molecule has 0 bridgehead atoms. The first kappa shape index (κ1) is 23.5. The van der Waals surface area contributed by atoms with Gasteiger partial charge in [-0.15, -0.1) is 0 Å². The molecular formula is C20H21Br2F2N5O2. The lowest BCUT2D eigenvalue weighted by Crippen LogP contribution is -2.39. The molecule has 3 atom stereocenters. The first-order valence-corrected chi connectivity index (χ1v) is 11.2. The second-order valence-electron chi connectivity index (χ2n) is 8.20.